The molecule has 0 amide bonds. The van der Waals surface area contributed by atoms with E-state index in [0.29, 0.717) is 28.9 Å². The average molecular weight is 568 g/mol. The van der Waals surface area contributed by atoms with Crippen LogP contribution in [0.4, 0.5) is 47.7 Å². The fraction of sp³-hybridized carbons (Fsp3) is 0.333. The first-order chi connectivity index (χ1) is 19.6. The van der Waals surface area contributed by atoms with E-state index in [2.05, 4.69) is 56.3 Å². The number of anilines is 6. The zero-order valence-electron chi connectivity index (χ0n) is 23.7. The van der Waals surface area contributed by atoms with Crippen molar-refractivity contribution in [3.05, 3.63) is 78.7 Å². The van der Waals surface area contributed by atoms with Gasteiger partial charge in [-0.3, -0.25) is 0 Å². The molecule has 1 aromatic heterocycles. The predicted octanol–water partition coefficient (Wildman–Crippen LogP) is 7.02. The van der Waals surface area contributed by atoms with Crippen LogP contribution in [0, 0.1) is 0 Å². The number of hydrogen-bond donors (Lipinski definition) is 3. The molecule has 8 nitrogen and oxygen atoms in total. The van der Waals surface area contributed by atoms with Crippen LogP contribution in [-0.4, -0.2) is 54.7 Å². The van der Waals surface area contributed by atoms with E-state index >= 15 is 0 Å². The summed E-state index contributed by atoms with van der Waals surface area (Å²) >= 11 is 0. The fourth-order valence-corrected chi connectivity index (χ4v) is 4.75. The van der Waals surface area contributed by atoms with Gasteiger partial charge >= 0.3 is 6.18 Å². The lowest BCUT2D eigenvalue weighted by Gasteiger charge is -2.40. The molecule has 0 aliphatic carbocycles. The molecule has 218 valence electrons. The van der Waals surface area contributed by atoms with Crippen LogP contribution in [0.3, 0.4) is 0 Å². The molecule has 0 spiro atoms. The highest BCUT2D eigenvalue weighted by Gasteiger charge is 2.35. The molecule has 3 aromatic rings. The molecule has 0 unspecified atom stereocenters. The molecule has 2 aromatic carbocycles. The fourth-order valence-electron chi connectivity index (χ4n) is 4.75. The van der Waals surface area contributed by atoms with Crippen molar-refractivity contribution in [2.45, 2.75) is 32.5 Å². The largest absolute Gasteiger partial charge is 0.495 e. The van der Waals surface area contributed by atoms with Crippen molar-refractivity contribution in [1.29, 1.82) is 0 Å². The zero-order chi connectivity index (χ0) is 29.6. The smallest absolute Gasteiger partial charge is 0.421 e. The van der Waals surface area contributed by atoms with Gasteiger partial charge in [-0.1, -0.05) is 25.6 Å². The van der Waals surface area contributed by atoms with Crippen LogP contribution in [0.25, 0.3) is 0 Å². The van der Waals surface area contributed by atoms with Crippen molar-refractivity contribution < 1.29 is 17.9 Å². The van der Waals surface area contributed by atoms with Gasteiger partial charge in [0, 0.05) is 60.7 Å². The molecule has 0 radical (unpaired) electrons. The molecule has 3 N–H and O–H groups in total. The van der Waals surface area contributed by atoms with E-state index in [1.165, 1.54) is 0 Å². The Kier molecular flexibility index (Phi) is 9.38. The van der Waals surface area contributed by atoms with Crippen molar-refractivity contribution in [2.75, 3.05) is 54.6 Å². The molecule has 11 heteroatoms. The van der Waals surface area contributed by atoms with E-state index in [-0.39, 0.29) is 11.8 Å². The molecule has 1 fully saturated rings. The number of nitrogens with zero attached hydrogens (tertiary/aromatic N) is 4. The first kappa shape index (κ1) is 29.7. The number of hydrogen-bond acceptors (Lipinski definition) is 8. The molecule has 1 saturated heterocycles. The summed E-state index contributed by atoms with van der Waals surface area (Å²) in [6.45, 7) is 10.7. The van der Waals surface area contributed by atoms with Crippen molar-refractivity contribution in [3.8, 4) is 5.75 Å². The number of ether oxygens (including phenoxy) is 1. The quantitative estimate of drug-likeness (QED) is 0.226. The third kappa shape index (κ3) is 7.49. The first-order valence-corrected chi connectivity index (χ1v) is 13.4. The first-order valence-electron chi connectivity index (χ1n) is 13.4. The normalized spacial score (nSPS) is 16.3. The number of likely N-dealkylation sites (N-methyl/N-ethyl adjacent to an activating group) is 1. The standard InChI is InChI=1S/C30H36F3N7O/c1-6-9-21(7-2)35-22-10-8-11-23(16-22)36-28-25(30(31,32)33)18-34-29(38-28)37-24-12-13-26(27(17-24)41-5)40-15-14-39(4)19-20(40)3/h7-13,16-18,20,35H,2,6,14-15,19H2,1,3-5H3,(H2,34,36,37,38)/b21-9-/t20-/m0/s1. The summed E-state index contributed by atoms with van der Waals surface area (Å²) in [5.41, 5.74) is 2.49. The zero-order valence-corrected chi connectivity index (χ0v) is 23.7. The van der Waals surface area contributed by atoms with E-state index in [9.17, 15) is 13.2 Å². The highest BCUT2D eigenvalue weighted by Crippen LogP contribution is 2.37. The summed E-state index contributed by atoms with van der Waals surface area (Å²) < 4.78 is 47.3. The molecular weight excluding hydrogens is 531 g/mol. The van der Waals surface area contributed by atoms with E-state index < -0.39 is 11.7 Å². The molecule has 0 bridgehead atoms. The second-order valence-corrected chi connectivity index (χ2v) is 9.87. The van der Waals surface area contributed by atoms with E-state index in [0.717, 1.165) is 43.6 Å². The number of benzene rings is 2. The molecule has 2 heterocycles. The van der Waals surface area contributed by atoms with Crippen molar-refractivity contribution in [1.82, 2.24) is 14.9 Å². The molecule has 0 saturated carbocycles. The number of rotatable bonds is 10. The minimum atomic E-state index is -4.65. The summed E-state index contributed by atoms with van der Waals surface area (Å²) in [7, 11) is 3.70. The number of piperazine rings is 1. The Morgan fingerprint density at radius 2 is 1.88 bits per heavy atom. The van der Waals surface area contributed by atoms with Crippen LogP contribution in [0.2, 0.25) is 0 Å². The van der Waals surface area contributed by atoms with Gasteiger partial charge in [0.25, 0.3) is 0 Å². The van der Waals surface area contributed by atoms with Crippen molar-refractivity contribution in [3.63, 3.8) is 0 Å². The Hall–Kier alpha value is -4.25. The third-order valence-electron chi connectivity index (χ3n) is 6.73. The number of nitrogens with one attached hydrogen (secondary N) is 3. The lowest BCUT2D eigenvalue weighted by molar-refractivity contribution is -0.137. The minimum absolute atomic E-state index is 0.0115. The Morgan fingerprint density at radius 1 is 1.12 bits per heavy atom. The highest BCUT2D eigenvalue weighted by molar-refractivity contribution is 5.70. The van der Waals surface area contributed by atoms with Crippen molar-refractivity contribution >= 4 is 34.5 Å². The maximum Gasteiger partial charge on any atom is 0.421 e. The monoisotopic (exact) mass is 567 g/mol. The van der Waals surface area contributed by atoms with Gasteiger partial charge in [-0.05, 0) is 56.8 Å². The van der Waals surface area contributed by atoms with Crippen LogP contribution in [0.5, 0.6) is 5.75 Å². The topological polar surface area (TPSA) is 77.6 Å². The number of methoxy groups -OCH3 is 1. The molecular formula is C30H36F3N7O. The summed E-state index contributed by atoms with van der Waals surface area (Å²) in [6, 6.07) is 12.8. The van der Waals surface area contributed by atoms with Crippen molar-refractivity contribution in [2.24, 2.45) is 0 Å². The van der Waals surface area contributed by atoms with Gasteiger partial charge in [0.2, 0.25) is 5.95 Å². The van der Waals surface area contributed by atoms with Gasteiger partial charge < -0.3 is 30.5 Å². The SMILES string of the molecule is C=C/C(=C/CC)Nc1cccc(Nc2nc(Nc3ccc(N4CCN(C)C[C@@H]4C)c(OC)c3)ncc2C(F)(F)F)c1. The Balaban J connectivity index is 1.59. The van der Waals surface area contributed by atoms with Gasteiger partial charge in [0.1, 0.15) is 17.1 Å². The van der Waals surface area contributed by atoms with E-state index in [1.807, 2.05) is 31.2 Å². The average Bonchev–Trinajstić information content (AvgIpc) is 2.93. The lowest BCUT2D eigenvalue weighted by atomic mass is 10.1. The van der Waals surface area contributed by atoms with Crippen LogP contribution in [0.15, 0.2) is 73.1 Å². The summed E-state index contributed by atoms with van der Waals surface area (Å²) in [6.07, 6.45) is 0.574. The second-order valence-electron chi connectivity index (χ2n) is 9.87. The van der Waals surface area contributed by atoms with Gasteiger partial charge in [-0.25, -0.2) is 4.98 Å². The van der Waals surface area contributed by atoms with Crippen LogP contribution in [-0.2, 0) is 6.18 Å². The van der Waals surface area contributed by atoms with Gasteiger partial charge in [-0.15, -0.1) is 0 Å². The Labute approximate surface area is 238 Å². The third-order valence-corrected chi connectivity index (χ3v) is 6.73. The minimum Gasteiger partial charge on any atom is -0.495 e. The number of halogens is 3. The van der Waals surface area contributed by atoms with Gasteiger partial charge in [-0.2, -0.15) is 18.2 Å². The van der Waals surface area contributed by atoms with Gasteiger partial charge in [0.05, 0.1) is 12.8 Å². The Bertz CT molecular complexity index is 1390. The molecule has 1 aliphatic heterocycles. The predicted molar refractivity (Wildman–Crippen MR) is 160 cm³/mol. The maximum atomic E-state index is 13.9. The number of allylic oxidation sites excluding steroid dienone is 2. The maximum absolute atomic E-state index is 13.9. The second kappa shape index (κ2) is 12.9. The molecule has 41 heavy (non-hydrogen) atoms. The van der Waals surface area contributed by atoms with Crippen LogP contribution < -0.4 is 25.6 Å². The number of aromatic nitrogens is 2. The summed E-state index contributed by atoms with van der Waals surface area (Å²) in [5, 5.41) is 9.05. The highest BCUT2D eigenvalue weighted by atomic mass is 19.4. The molecule has 1 atom stereocenters. The molecule has 4 rings (SSSR count). The van der Waals surface area contributed by atoms with E-state index in [4.69, 9.17) is 4.74 Å². The summed E-state index contributed by atoms with van der Waals surface area (Å²) in [4.78, 5) is 12.7. The Morgan fingerprint density at radius 3 is 2.56 bits per heavy atom. The summed E-state index contributed by atoms with van der Waals surface area (Å²) in [5.74, 6) is 0.296. The van der Waals surface area contributed by atoms with Gasteiger partial charge in [0.15, 0.2) is 0 Å². The molecule has 1 aliphatic rings. The lowest BCUT2D eigenvalue weighted by Crippen LogP contribution is -2.50. The van der Waals surface area contributed by atoms with Crippen LogP contribution >= 0.6 is 0 Å². The van der Waals surface area contributed by atoms with E-state index in [1.54, 1.807) is 37.5 Å². The number of alkyl halides is 3. The van der Waals surface area contributed by atoms with Crippen LogP contribution in [0.1, 0.15) is 25.8 Å².